The first-order valence-electron chi connectivity index (χ1n) is 3.74. The van der Waals surface area contributed by atoms with Crippen molar-refractivity contribution < 1.29 is 21.9 Å². The van der Waals surface area contributed by atoms with Gasteiger partial charge < -0.3 is 4.55 Å². The molecule has 2 nitrogen and oxygen atoms in total. The van der Waals surface area contributed by atoms with Gasteiger partial charge in [-0.3, -0.25) is 0 Å². The highest BCUT2D eigenvalue weighted by molar-refractivity contribution is 7.79. The lowest BCUT2D eigenvalue weighted by molar-refractivity contribution is -0.131. The van der Waals surface area contributed by atoms with E-state index in [0.717, 1.165) is 24.3 Å². The zero-order chi connectivity index (χ0) is 11.6. The molecule has 15 heavy (non-hydrogen) atoms. The fraction of sp³-hybridized carbons (Fsp3) is 0.250. The Morgan fingerprint density at radius 2 is 1.73 bits per heavy atom. The smallest absolute Gasteiger partial charge is 0.302 e. The van der Waals surface area contributed by atoms with Crippen LogP contribution in [0.2, 0.25) is 0 Å². The van der Waals surface area contributed by atoms with Crippen LogP contribution in [-0.4, -0.2) is 14.9 Å². The molecule has 0 saturated carbocycles. The van der Waals surface area contributed by atoms with Crippen molar-refractivity contribution in [2.24, 2.45) is 0 Å². The Bertz CT molecular complexity index is 363. The van der Waals surface area contributed by atoms with Gasteiger partial charge in [0, 0.05) is 0 Å². The van der Waals surface area contributed by atoms with Crippen LogP contribution >= 0.6 is 11.6 Å². The summed E-state index contributed by atoms with van der Waals surface area (Å²) in [4.78, 5) is 0.0322. The summed E-state index contributed by atoms with van der Waals surface area (Å²) in [6, 6.07) is 4.42. The number of rotatable bonds is 2. The molecule has 0 fully saturated rings. The van der Waals surface area contributed by atoms with Crippen LogP contribution in [0.5, 0.6) is 0 Å². The van der Waals surface area contributed by atoms with Crippen LogP contribution in [0.3, 0.4) is 0 Å². The number of hydrogen-bond donors (Lipinski definition) is 1. The average Bonchev–Trinajstić information content (AvgIpc) is 2.15. The maximum atomic E-state index is 12.2. The van der Waals surface area contributed by atoms with Gasteiger partial charge in [-0.15, -0.1) is 11.6 Å². The van der Waals surface area contributed by atoms with Gasteiger partial charge in [0.1, 0.15) is 0 Å². The predicted octanol–water partition coefficient (Wildman–Crippen LogP) is 3.11. The normalized spacial score (nSPS) is 16.1. The third-order valence-corrected chi connectivity index (χ3v) is 2.84. The minimum atomic E-state index is -4.53. The molecule has 0 amide bonds. The summed E-state index contributed by atoms with van der Waals surface area (Å²) in [5.74, 6) is 0. The largest absolute Gasteiger partial charge is 0.408 e. The first-order valence-corrected chi connectivity index (χ1v) is 5.28. The number of halogens is 4. The molecular formula is C8H6ClF3O2S. The fourth-order valence-corrected chi connectivity index (χ4v) is 1.46. The second-order valence-corrected chi connectivity index (χ2v) is 4.13. The summed E-state index contributed by atoms with van der Waals surface area (Å²) >= 11 is 2.95. The molecule has 84 valence electrons. The number of alkyl halides is 4. The van der Waals surface area contributed by atoms with Crippen molar-refractivity contribution in [1.82, 2.24) is 0 Å². The number of hydrogen-bond acceptors (Lipinski definition) is 1. The van der Waals surface area contributed by atoms with E-state index in [0.29, 0.717) is 0 Å². The van der Waals surface area contributed by atoms with E-state index >= 15 is 0 Å². The quantitative estimate of drug-likeness (QED) is 0.654. The summed E-state index contributed by atoms with van der Waals surface area (Å²) in [7, 11) is 0. The van der Waals surface area contributed by atoms with Crippen molar-refractivity contribution in [1.29, 1.82) is 0 Å². The average molecular weight is 259 g/mol. The van der Waals surface area contributed by atoms with Gasteiger partial charge in [0.15, 0.2) is 16.5 Å². The SMILES string of the molecule is O=S(O)c1ccc(C(Cl)C(F)(F)F)cc1. The summed E-state index contributed by atoms with van der Waals surface area (Å²) in [5, 5.41) is -2.10. The summed E-state index contributed by atoms with van der Waals surface area (Å²) in [6.07, 6.45) is -4.53. The molecule has 0 radical (unpaired) electrons. The molecule has 7 heteroatoms. The highest BCUT2D eigenvalue weighted by Gasteiger charge is 2.39. The second-order valence-electron chi connectivity index (χ2n) is 2.72. The van der Waals surface area contributed by atoms with Crippen LogP contribution < -0.4 is 0 Å². The molecule has 0 bridgehead atoms. The summed E-state index contributed by atoms with van der Waals surface area (Å²) in [6.45, 7) is 0. The van der Waals surface area contributed by atoms with E-state index in [9.17, 15) is 17.4 Å². The van der Waals surface area contributed by atoms with Gasteiger partial charge in [-0.1, -0.05) is 12.1 Å². The molecule has 0 aliphatic carbocycles. The van der Waals surface area contributed by atoms with Crippen LogP contribution in [0.1, 0.15) is 10.9 Å². The van der Waals surface area contributed by atoms with Crippen molar-refractivity contribution in [3.05, 3.63) is 29.8 Å². The Kier molecular flexibility index (Phi) is 3.75. The van der Waals surface area contributed by atoms with E-state index in [-0.39, 0.29) is 10.5 Å². The van der Waals surface area contributed by atoms with E-state index in [1.807, 2.05) is 0 Å². The van der Waals surface area contributed by atoms with E-state index in [1.165, 1.54) is 0 Å². The van der Waals surface area contributed by atoms with Crippen LogP contribution in [0.4, 0.5) is 13.2 Å². The predicted molar refractivity (Wildman–Crippen MR) is 50.1 cm³/mol. The molecule has 1 aromatic rings. The van der Waals surface area contributed by atoms with Crippen molar-refractivity contribution in [2.75, 3.05) is 0 Å². The molecule has 0 heterocycles. The van der Waals surface area contributed by atoms with E-state index in [4.69, 9.17) is 16.2 Å². The Hall–Kier alpha value is -0.590. The molecule has 0 aromatic heterocycles. The highest BCUT2D eigenvalue weighted by Crippen LogP contribution is 2.37. The molecule has 1 N–H and O–H groups in total. The Morgan fingerprint density at radius 3 is 2.07 bits per heavy atom. The van der Waals surface area contributed by atoms with Crippen molar-refractivity contribution >= 4 is 22.7 Å². The van der Waals surface area contributed by atoms with E-state index < -0.39 is 22.6 Å². The topological polar surface area (TPSA) is 37.3 Å². The monoisotopic (exact) mass is 258 g/mol. The van der Waals surface area contributed by atoms with Crippen LogP contribution in [0.15, 0.2) is 29.2 Å². The molecule has 1 aromatic carbocycles. The minimum absolute atomic E-state index is 0.0322. The Labute approximate surface area is 91.3 Å². The van der Waals surface area contributed by atoms with Gasteiger partial charge in [0.25, 0.3) is 0 Å². The lowest BCUT2D eigenvalue weighted by Crippen LogP contribution is -2.15. The zero-order valence-corrected chi connectivity index (χ0v) is 8.73. The second kappa shape index (κ2) is 4.51. The van der Waals surface area contributed by atoms with Gasteiger partial charge in [0.2, 0.25) is 0 Å². The van der Waals surface area contributed by atoms with Crippen molar-refractivity contribution in [3.8, 4) is 0 Å². The maximum Gasteiger partial charge on any atom is 0.408 e. The van der Waals surface area contributed by atoms with Gasteiger partial charge in [0.05, 0.1) is 4.90 Å². The molecule has 2 atom stereocenters. The molecule has 2 unspecified atom stereocenters. The van der Waals surface area contributed by atoms with Crippen LogP contribution in [0.25, 0.3) is 0 Å². The Balaban J connectivity index is 2.94. The Morgan fingerprint density at radius 1 is 1.27 bits per heavy atom. The molecular weight excluding hydrogens is 253 g/mol. The third kappa shape index (κ3) is 3.19. The third-order valence-electron chi connectivity index (χ3n) is 1.66. The first kappa shape index (κ1) is 12.5. The molecule has 0 aliphatic heterocycles. The highest BCUT2D eigenvalue weighted by atomic mass is 35.5. The molecule has 0 spiro atoms. The van der Waals surface area contributed by atoms with E-state index in [2.05, 4.69) is 0 Å². The van der Waals surface area contributed by atoms with Gasteiger partial charge in [-0.05, 0) is 17.7 Å². The van der Waals surface area contributed by atoms with Gasteiger partial charge in [-0.25, -0.2) is 4.21 Å². The van der Waals surface area contributed by atoms with Crippen LogP contribution in [-0.2, 0) is 11.1 Å². The summed E-state index contributed by atoms with van der Waals surface area (Å²) < 4.78 is 55.6. The van der Waals surface area contributed by atoms with Gasteiger partial charge >= 0.3 is 6.18 Å². The fourth-order valence-electron chi connectivity index (χ4n) is 0.942. The van der Waals surface area contributed by atoms with Crippen molar-refractivity contribution in [2.45, 2.75) is 16.4 Å². The summed E-state index contributed by atoms with van der Waals surface area (Å²) in [5.41, 5.74) is -0.154. The molecule has 0 aliphatic rings. The molecule has 1 rings (SSSR count). The lowest BCUT2D eigenvalue weighted by Gasteiger charge is -2.13. The first-order chi connectivity index (χ1) is 6.82. The molecule has 0 saturated heterocycles. The van der Waals surface area contributed by atoms with Crippen molar-refractivity contribution in [3.63, 3.8) is 0 Å². The minimum Gasteiger partial charge on any atom is -0.302 e. The number of benzene rings is 1. The van der Waals surface area contributed by atoms with Crippen LogP contribution in [0, 0.1) is 0 Å². The zero-order valence-electron chi connectivity index (χ0n) is 7.16. The standard InChI is InChI=1S/C8H6ClF3O2S/c9-7(8(10,11)12)5-1-3-6(4-2-5)15(13)14/h1-4,7H,(H,13,14). The lowest BCUT2D eigenvalue weighted by atomic mass is 10.1. The maximum absolute atomic E-state index is 12.2. The van der Waals surface area contributed by atoms with E-state index in [1.54, 1.807) is 0 Å². The van der Waals surface area contributed by atoms with Gasteiger partial charge in [-0.2, -0.15) is 13.2 Å².